The minimum atomic E-state index is -1.62. The second kappa shape index (κ2) is 75.0. The number of esters is 2. The molecule has 0 aliphatic rings. The highest BCUT2D eigenvalue weighted by Gasteiger charge is 2.22. The van der Waals surface area contributed by atoms with Gasteiger partial charge in [-0.25, -0.2) is 0 Å². The molecule has 0 N–H and O–H groups in total. The van der Waals surface area contributed by atoms with Gasteiger partial charge in [-0.1, -0.05) is 396 Å². The van der Waals surface area contributed by atoms with Crippen LogP contribution in [0.2, 0.25) is 0 Å². The zero-order valence-corrected chi connectivity index (χ0v) is 62.7. The Hall–Kier alpha value is -2.75. The molecule has 0 saturated heterocycles. The van der Waals surface area contributed by atoms with E-state index in [1.54, 1.807) is 0 Å². The van der Waals surface area contributed by atoms with Crippen LogP contribution in [0.1, 0.15) is 412 Å². The molecule has 0 radical (unpaired) electrons. The van der Waals surface area contributed by atoms with Crippen molar-refractivity contribution in [2.45, 2.75) is 424 Å². The molecule has 0 aliphatic carbocycles. The number of quaternary nitrogens is 1. The number of allylic oxidation sites excluding steroid dienone is 8. The first-order chi connectivity index (χ1) is 45.6. The minimum Gasteiger partial charge on any atom is -0.545 e. The number of hydrogen-bond acceptors (Lipinski definition) is 8. The zero-order chi connectivity index (χ0) is 67.5. The molecule has 0 spiro atoms. The molecule has 0 aromatic rings. The Labute approximate surface area is 578 Å². The molecule has 0 aliphatic heterocycles. The number of nitrogens with zero attached hydrogens (tertiary/aromatic N) is 1. The van der Waals surface area contributed by atoms with Crippen molar-refractivity contribution >= 4 is 17.9 Å². The van der Waals surface area contributed by atoms with Crippen molar-refractivity contribution < 1.29 is 42.9 Å². The topological polar surface area (TPSA) is 111 Å². The van der Waals surface area contributed by atoms with Gasteiger partial charge < -0.3 is 33.3 Å². The summed E-state index contributed by atoms with van der Waals surface area (Å²) in [6.45, 7) is 4.72. The fraction of sp³-hybridized carbons (Fsp3) is 0.869. The summed E-state index contributed by atoms with van der Waals surface area (Å²) in [5, 5.41) is 11.9. The zero-order valence-electron chi connectivity index (χ0n) is 62.7. The van der Waals surface area contributed by atoms with Crippen molar-refractivity contribution in [1.29, 1.82) is 0 Å². The molecular formula is C84H157NO8. The Morgan fingerprint density at radius 2 is 0.613 bits per heavy atom. The van der Waals surface area contributed by atoms with Gasteiger partial charge in [-0.05, 0) is 51.4 Å². The lowest BCUT2D eigenvalue weighted by atomic mass is 10.0. The minimum absolute atomic E-state index is 0.151. The Kier molecular flexibility index (Phi) is 72.8. The largest absolute Gasteiger partial charge is 0.545 e. The molecule has 0 aromatic carbocycles. The van der Waals surface area contributed by atoms with Crippen molar-refractivity contribution in [2.75, 3.05) is 47.5 Å². The van der Waals surface area contributed by atoms with Gasteiger partial charge in [-0.15, -0.1) is 0 Å². The number of unbranched alkanes of at least 4 members (excludes halogenated alkanes) is 54. The quantitative estimate of drug-likeness (QED) is 0.0195. The summed E-state index contributed by atoms with van der Waals surface area (Å²) >= 11 is 0. The Morgan fingerprint density at radius 1 is 0.333 bits per heavy atom. The van der Waals surface area contributed by atoms with Crippen molar-refractivity contribution in [1.82, 2.24) is 0 Å². The van der Waals surface area contributed by atoms with Gasteiger partial charge in [-0.2, -0.15) is 0 Å². The highest BCUT2D eigenvalue weighted by molar-refractivity contribution is 5.70. The summed E-state index contributed by atoms with van der Waals surface area (Å²) in [6, 6.07) is 0. The molecular weight excluding hydrogens is 1150 g/mol. The van der Waals surface area contributed by atoms with Gasteiger partial charge in [0.05, 0.1) is 40.3 Å². The average molecular weight is 1310 g/mol. The van der Waals surface area contributed by atoms with E-state index in [0.29, 0.717) is 17.4 Å². The van der Waals surface area contributed by atoms with E-state index in [1.807, 2.05) is 21.1 Å². The standard InChI is InChI=1S/C84H157NO8/c1-6-8-10-12-14-16-18-20-22-24-26-28-30-32-34-36-38-40-41-43-44-46-48-50-52-54-56-58-60-62-64-66-68-70-72-74-81(86)91-78-80(79-92-84(83(88)89)90-77-76-85(3,4)5)93-82(87)75-73-71-69-67-65-63-61-59-57-55-53-51-49-47-45-42-39-37-35-33-31-29-27-25-23-21-19-17-15-13-11-9-7-2/h9,11,15,17,21,23,27,29,80,84H,6-8,10,12-14,16,18-20,22,24-26,28,30-79H2,1-5H3/b11-9-,17-15-,23-21-,29-27-. The first kappa shape index (κ1) is 90.2. The van der Waals surface area contributed by atoms with Crippen LogP contribution < -0.4 is 5.11 Å². The van der Waals surface area contributed by atoms with E-state index in [-0.39, 0.29) is 32.2 Å². The lowest BCUT2D eigenvalue weighted by Crippen LogP contribution is -2.44. The van der Waals surface area contributed by atoms with E-state index in [9.17, 15) is 19.5 Å². The van der Waals surface area contributed by atoms with Crippen LogP contribution in [0.5, 0.6) is 0 Å². The van der Waals surface area contributed by atoms with Gasteiger partial charge >= 0.3 is 11.9 Å². The normalized spacial score (nSPS) is 12.8. The van der Waals surface area contributed by atoms with Crippen LogP contribution in [0.25, 0.3) is 0 Å². The molecule has 2 atom stereocenters. The number of aliphatic carboxylic acids is 1. The fourth-order valence-electron chi connectivity index (χ4n) is 12.4. The van der Waals surface area contributed by atoms with E-state index < -0.39 is 24.3 Å². The first-order valence-electron chi connectivity index (χ1n) is 40.8. The number of ether oxygens (including phenoxy) is 4. The van der Waals surface area contributed by atoms with E-state index in [0.717, 1.165) is 64.2 Å². The van der Waals surface area contributed by atoms with Gasteiger partial charge in [0.25, 0.3) is 0 Å². The maximum atomic E-state index is 13.0. The van der Waals surface area contributed by atoms with Crippen LogP contribution in [-0.2, 0) is 33.3 Å². The van der Waals surface area contributed by atoms with Crippen LogP contribution in [-0.4, -0.2) is 82.3 Å². The number of rotatable bonds is 77. The summed E-state index contributed by atoms with van der Waals surface area (Å²) in [5.41, 5.74) is 0. The van der Waals surface area contributed by atoms with Crippen molar-refractivity contribution in [3.05, 3.63) is 48.6 Å². The van der Waals surface area contributed by atoms with Crippen LogP contribution in [0.4, 0.5) is 0 Å². The van der Waals surface area contributed by atoms with Crippen LogP contribution in [0.15, 0.2) is 48.6 Å². The summed E-state index contributed by atoms with van der Waals surface area (Å²) in [7, 11) is 5.95. The third-order valence-electron chi connectivity index (χ3n) is 18.6. The molecule has 2 unspecified atom stereocenters. The van der Waals surface area contributed by atoms with E-state index in [2.05, 4.69) is 62.5 Å². The predicted octanol–water partition coefficient (Wildman–Crippen LogP) is 24.7. The highest BCUT2D eigenvalue weighted by atomic mass is 16.7. The number of carbonyl (C=O) groups is 3. The van der Waals surface area contributed by atoms with Gasteiger partial charge in [0.2, 0.25) is 0 Å². The van der Waals surface area contributed by atoms with E-state index in [1.165, 1.54) is 321 Å². The van der Waals surface area contributed by atoms with Gasteiger partial charge in [-0.3, -0.25) is 9.59 Å². The predicted molar refractivity (Wildman–Crippen MR) is 399 cm³/mol. The molecule has 0 bridgehead atoms. The van der Waals surface area contributed by atoms with Gasteiger partial charge in [0, 0.05) is 12.8 Å². The summed E-state index contributed by atoms with van der Waals surface area (Å²) in [5.74, 6) is -2.25. The molecule has 93 heavy (non-hydrogen) atoms. The number of carbonyl (C=O) groups excluding carboxylic acids is 3. The fourth-order valence-corrected chi connectivity index (χ4v) is 12.4. The number of carboxylic acids is 1. The van der Waals surface area contributed by atoms with Crippen LogP contribution in [0.3, 0.4) is 0 Å². The van der Waals surface area contributed by atoms with Crippen molar-refractivity contribution in [3.63, 3.8) is 0 Å². The lowest BCUT2D eigenvalue weighted by molar-refractivity contribution is -0.870. The number of likely N-dealkylation sites (N-methyl/N-ethyl adjacent to an activating group) is 1. The van der Waals surface area contributed by atoms with Crippen LogP contribution >= 0.6 is 0 Å². The maximum Gasteiger partial charge on any atom is 0.306 e. The molecule has 0 fully saturated rings. The Balaban J connectivity index is 3.95. The summed E-state index contributed by atoms with van der Waals surface area (Å²) in [6.07, 6.45) is 95.4. The third-order valence-corrected chi connectivity index (χ3v) is 18.6. The van der Waals surface area contributed by atoms with Crippen molar-refractivity contribution in [3.8, 4) is 0 Å². The van der Waals surface area contributed by atoms with E-state index in [4.69, 9.17) is 18.9 Å². The maximum absolute atomic E-state index is 13.0. The number of carboxylic acid groups (broad SMARTS) is 1. The molecule has 9 heteroatoms. The van der Waals surface area contributed by atoms with Gasteiger partial charge in [0.15, 0.2) is 12.4 Å². The molecule has 0 saturated carbocycles. The SMILES string of the molecule is CC/C=C\C/C=C\C/C=C\C/C=C\CCCCCCCCCCCCCCCCCCCCCCC(=O)OC(COC(=O)CCCCCCCCCCCCCCCCCCCCCCCCCCCCCCCCCCCCC)COC(OCC[N+](C)(C)C)C(=O)[O-]. The highest BCUT2D eigenvalue weighted by Crippen LogP contribution is 2.20. The molecule has 9 nitrogen and oxygen atoms in total. The Bertz CT molecular complexity index is 1670. The van der Waals surface area contributed by atoms with E-state index >= 15 is 0 Å². The van der Waals surface area contributed by atoms with Crippen molar-refractivity contribution in [2.24, 2.45) is 0 Å². The van der Waals surface area contributed by atoms with Gasteiger partial charge in [0.1, 0.15) is 13.2 Å². The van der Waals surface area contributed by atoms with Crippen LogP contribution in [0, 0.1) is 0 Å². The molecule has 0 rings (SSSR count). The molecule has 0 aromatic heterocycles. The number of hydrogen-bond donors (Lipinski definition) is 0. The Morgan fingerprint density at radius 3 is 0.914 bits per heavy atom. The smallest absolute Gasteiger partial charge is 0.306 e. The third kappa shape index (κ3) is 76.5. The lowest BCUT2D eigenvalue weighted by Gasteiger charge is -2.26. The monoisotopic (exact) mass is 1310 g/mol. The second-order valence-corrected chi connectivity index (χ2v) is 29.0. The summed E-state index contributed by atoms with van der Waals surface area (Å²) in [4.78, 5) is 37.6. The average Bonchev–Trinajstić information content (AvgIpc) is 3.74. The molecule has 546 valence electrons. The summed E-state index contributed by atoms with van der Waals surface area (Å²) < 4.78 is 22.9. The molecule has 0 heterocycles. The first-order valence-corrected chi connectivity index (χ1v) is 40.8. The second-order valence-electron chi connectivity index (χ2n) is 29.0. The molecule has 0 amide bonds.